The van der Waals surface area contributed by atoms with Crippen LogP contribution >= 0.6 is 0 Å². The Labute approximate surface area is 158 Å². The van der Waals surface area contributed by atoms with Crippen molar-refractivity contribution >= 4 is 23.8 Å². The molecular weight excluding hydrogens is 356 g/mol. The molecule has 2 heterocycles. The lowest BCUT2D eigenvalue weighted by atomic mass is 10.2. The molecule has 0 aromatic carbocycles. The molecule has 0 saturated carbocycles. The van der Waals surface area contributed by atoms with E-state index in [0.717, 1.165) is 25.7 Å². The normalized spacial score (nSPS) is 23.5. The van der Waals surface area contributed by atoms with Gasteiger partial charge in [0.2, 0.25) is 0 Å². The molecule has 2 fully saturated rings. The van der Waals surface area contributed by atoms with Crippen LogP contribution in [0.25, 0.3) is 0 Å². The number of ether oxygens (including phenoxy) is 3. The zero-order chi connectivity index (χ0) is 19.8. The number of rotatable bonds is 10. The third-order valence-electron chi connectivity index (χ3n) is 4.49. The van der Waals surface area contributed by atoms with E-state index in [9.17, 15) is 19.2 Å². The van der Waals surface area contributed by atoms with Gasteiger partial charge in [0.05, 0.1) is 26.3 Å². The lowest BCUT2D eigenvalue weighted by Gasteiger charge is -2.33. The highest BCUT2D eigenvalue weighted by molar-refractivity contribution is 6.33. The van der Waals surface area contributed by atoms with Gasteiger partial charge in [-0.2, -0.15) is 0 Å². The maximum absolute atomic E-state index is 11.8. The molecule has 2 saturated heterocycles. The standard InChI is InChI=1S/C18H28N2O7/c1-3-5-7-19-9-13(26-17(23)15(19)21)11-25-12-14-10-20(8-6-4-2)16(22)18(24)27-14/h13-14H,3-12H2,1-2H3. The van der Waals surface area contributed by atoms with Crippen molar-refractivity contribution in [1.29, 1.82) is 0 Å². The van der Waals surface area contributed by atoms with Gasteiger partial charge in [-0.3, -0.25) is 9.59 Å². The molecule has 0 aromatic heterocycles. The Bertz CT molecular complexity index is 518. The molecule has 0 aromatic rings. The van der Waals surface area contributed by atoms with Crippen LogP contribution in [0.5, 0.6) is 0 Å². The maximum atomic E-state index is 11.8. The molecule has 9 nitrogen and oxygen atoms in total. The molecule has 9 heteroatoms. The number of unbranched alkanes of at least 4 members (excludes halogenated alkanes) is 2. The number of carbonyl (C=O) groups is 4. The van der Waals surface area contributed by atoms with Crippen molar-refractivity contribution < 1.29 is 33.4 Å². The summed E-state index contributed by atoms with van der Waals surface area (Å²) in [5.74, 6) is -2.98. The molecule has 0 radical (unpaired) electrons. The summed E-state index contributed by atoms with van der Waals surface area (Å²) in [6.45, 7) is 5.80. The Balaban J connectivity index is 1.79. The third-order valence-corrected chi connectivity index (χ3v) is 4.49. The van der Waals surface area contributed by atoms with Gasteiger partial charge in [0.1, 0.15) is 12.2 Å². The fraction of sp³-hybridized carbons (Fsp3) is 0.778. The van der Waals surface area contributed by atoms with Crippen LogP contribution in [0.2, 0.25) is 0 Å². The van der Waals surface area contributed by atoms with Gasteiger partial charge in [-0.1, -0.05) is 26.7 Å². The van der Waals surface area contributed by atoms with Gasteiger partial charge < -0.3 is 24.0 Å². The highest BCUT2D eigenvalue weighted by Gasteiger charge is 2.36. The van der Waals surface area contributed by atoms with Crippen molar-refractivity contribution in [3.63, 3.8) is 0 Å². The first-order chi connectivity index (χ1) is 13.0. The summed E-state index contributed by atoms with van der Waals surface area (Å²) in [4.78, 5) is 49.9. The van der Waals surface area contributed by atoms with E-state index in [1.807, 2.05) is 13.8 Å². The Morgan fingerprint density at radius 1 is 0.815 bits per heavy atom. The van der Waals surface area contributed by atoms with E-state index in [-0.39, 0.29) is 26.3 Å². The van der Waals surface area contributed by atoms with E-state index in [0.29, 0.717) is 13.1 Å². The predicted molar refractivity (Wildman–Crippen MR) is 93.6 cm³/mol. The summed E-state index contributed by atoms with van der Waals surface area (Å²) >= 11 is 0. The smallest absolute Gasteiger partial charge is 0.397 e. The van der Waals surface area contributed by atoms with Crippen LogP contribution in [0, 0.1) is 0 Å². The Hall–Kier alpha value is -2.16. The minimum atomic E-state index is -0.869. The van der Waals surface area contributed by atoms with Crippen molar-refractivity contribution in [2.45, 2.75) is 51.7 Å². The second-order valence-electron chi connectivity index (χ2n) is 6.80. The number of carbonyl (C=O) groups excluding carboxylic acids is 4. The quantitative estimate of drug-likeness (QED) is 0.389. The third kappa shape index (κ3) is 5.92. The molecule has 2 aliphatic heterocycles. The van der Waals surface area contributed by atoms with Crippen LogP contribution in [0.4, 0.5) is 0 Å². The van der Waals surface area contributed by atoms with Gasteiger partial charge in [0.25, 0.3) is 0 Å². The second kappa shape index (κ2) is 10.2. The zero-order valence-corrected chi connectivity index (χ0v) is 16.0. The zero-order valence-electron chi connectivity index (χ0n) is 16.0. The molecule has 27 heavy (non-hydrogen) atoms. The van der Waals surface area contributed by atoms with E-state index >= 15 is 0 Å². The summed E-state index contributed by atoms with van der Waals surface area (Å²) < 4.78 is 15.7. The summed E-state index contributed by atoms with van der Waals surface area (Å²) in [7, 11) is 0. The molecule has 0 N–H and O–H groups in total. The van der Waals surface area contributed by atoms with Crippen molar-refractivity contribution in [2.75, 3.05) is 39.4 Å². The van der Waals surface area contributed by atoms with Crippen molar-refractivity contribution in [1.82, 2.24) is 9.80 Å². The number of hydrogen-bond acceptors (Lipinski definition) is 7. The number of amides is 2. The number of hydrogen-bond donors (Lipinski definition) is 0. The lowest BCUT2D eigenvalue weighted by Crippen LogP contribution is -2.53. The Morgan fingerprint density at radius 3 is 1.59 bits per heavy atom. The molecule has 0 bridgehead atoms. The Kier molecular flexibility index (Phi) is 8.02. The van der Waals surface area contributed by atoms with E-state index < -0.39 is 36.0 Å². The van der Waals surface area contributed by atoms with E-state index in [1.165, 1.54) is 9.80 Å². The molecular formula is C18H28N2O7. The molecule has 0 spiro atoms. The van der Waals surface area contributed by atoms with E-state index in [1.54, 1.807) is 0 Å². The van der Waals surface area contributed by atoms with Crippen LogP contribution in [0.15, 0.2) is 0 Å². The van der Waals surface area contributed by atoms with Crippen LogP contribution in [-0.4, -0.2) is 85.2 Å². The number of nitrogens with zero attached hydrogens (tertiary/aromatic N) is 2. The topological polar surface area (TPSA) is 102 Å². The van der Waals surface area contributed by atoms with Crippen molar-refractivity contribution in [3.05, 3.63) is 0 Å². The monoisotopic (exact) mass is 384 g/mol. The fourth-order valence-electron chi connectivity index (χ4n) is 2.98. The average molecular weight is 384 g/mol. The summed E-state index contributed by atoms with van der Waals surface area (Å²) in [6, 6.07) is 0. The van der Waals surface area contributed by atoms with E-state index in [4.69, 9.17) is 14.2 Å². The molecule has 2 aliphatic rings. The first-order valence-corrected chi connectivity index (χ1v) is 9.53. The predicted octanol–water partition coefficient (Wildman–Crippen LogP) is 0.111. The molecule has 2 amide bonds. The van der Waals surface area contributed by atoms with Gasteiger partial charge in [0, 0.05) is 13.1 Å². The molecule has 0 aliphatic carbocycles. The minimum absolute atomic E-state index is 0.0958. The fourth-order valence-corrected chi connectivity index (χ4v) is 2.98. The lowest BCUT2D eigenvalue weighted by molar-refractivity contribution is -0.180. The van der Waals surface area contributed by atoms with Gasteiger partial charge in [-0.15, -0.1) is 0 Å². The van der Waals surface area contributed by atoms with Crippen molar-refractivity contribution in [2.24, 2.45) is 0 Å². The molecule has 2 atom stereocenters. The first kappa shape index (κ1) is 21.1. The molecule has 2 rings (SSSR count). The van der Waals surface area contributed by atoms with Crippen LogP contribution < -0.4 is 0 Å². The highest BCUT2D eigenvalue weighted by atomic mass is 16.6. The minimum Gasteiger partial charge on any atom is -0.451 e. The van der Waals surface area contributed by atoms with Gasteiger partial charge >= 0.3 is 23.8 Å². The molecule has 2 unspecified atom stereocenters. The highest BCUT2D eigenvalue weighted by Crippen LogP contribution is 2.12. The Morgan fingerprint density at radius 2 is 1.22 bits per heavy atom. The summed E-state index contributed by atoms with van der Waals surface area (Å²) in [6.07, 6.45) is 2.35. The number of cyclic esters (lactones) is 2. The van der Waals surface area contributed by atoms with E-state index in [2.05, 4.69) is 0 Å². The SMILES string of the molecule is CCCCN1CC(COCC2CN(CCCC)C(=O)C(=O)O2)OC(=O)C1=O. The van der Waals surface area contributed by atoms with Gasteiger partial charge in [0.15, 0.2) is 0 Å². The number of esters is 2. The van der Waals surface area contributed by atoms with Gasteiger partial charge in [-0.25, -0.2) is 9.59 Å². The largest absolute Gasteiger partial charge is 0.451 e. The summed E-state index contributed by atoms with van der Waals surface area (Å²) in [5.41, 5.74) is 0. The molecule has 152 valence electrons. The maximum Gasteiger partial charge on any atom is 0.397 e. The van der Waals surface area contributed by atoms with Crippen LogP contribution in [0.1, 0.15) is 39.5 Å². The van der Waals surface area contributed by atoms with Crippen LogP contribution in [0.3, 0.4) is 0 Å². The van der Waals surface area contributed by atoms with Gasteiger partial charge in [-0.05, 0) is 12.8 Å². The summed E-state index contributed by atoms with van der Waals surface area (Å²) in [5, 5.41) is 0. The van der Waals surface area contributed by atoms with Crippen LogP contribution in [-0.2, 0) is 33.4 Å². The average Bonchev–Trinajstić information content (AvgIpc) is 2.64. The first-order valence-electron chi connectivity index (χ1n) is 9.53. The number of morpholine rings is 2. The van der Waals surface area contributed by atoms with Crippen molar-refractivity contribution in [3.8, 4) is 0 Å². The second-order valence-corrected chi connectivity index (χ2v) is 6.80.